The summed E-state index contributed by atoms with van der Waals surface area (Å²) in [6, 6.07) is 1.72. The van der Waals surface area contributed by atoms with Crippen LogP contribution in [0.3, 0.4) is 0 Å². The first-order valence-corrected chi connectivity index (χ1v) is 5.65. The van der Waals surface area contributed by atoms with Crippen molar-refractivity contribution in [2.45, 2.75) is 26.7 Å². The highest BCUT2D eigenvalue weighted by molar-refractivity contribution is 5.96. The van der Waals surface area contributed by atoms with Gasteiger partial charge in [-0.15, -0.1) is 0 Å². The number of pyridine rings is 1. The largest absolute Gasteiger partial charge is 0.505 e. The van der Waals surface area contributed by atoms with Gasteiger partial charge in [0.1, 0.15) is 12.3 Å². The highest BCUT2D eigenvalue weighted by Gasteiger charge is 2.17. The molecule has 1 aromatic rings. The molecule has 1 amide bonds. The summed E-state index contributed by atoms with van der Waals surface area (Å²) in [7, 11) is 0. The van der Waals surface area contributed by atoms with Crippen molar-refractivity contribution in [1.82, 2.24) is 10.3 Å². The molecule has 0 spiro atoms. The number of aromatic nitrogens is 1. The minimum Gasteiger partial charge on any atom is -0.505 e. The summed E-state index contributed by atoms with van der Waals surface area (Å²) in [6.45, 7) is 3.17. The average molecular weight is 252 g/mol. The van der Waals surface area contributed by atoms with E-state index in [-0.39, 0.29) is 11.4 Å². The van der Waals surface area contributed by atoms with Crippen LogP contribution in [0.4, 0.5) is 0 Å². The molecule has 1 aromatic heterocycles. The third-order valence-electron chi connectivity index (χ3n) is 2.33. The SMILES string of the molecule is CCCc1cc(C)nc(C(=O)NCC(=O)O)c1O. The molecule has 0 saturated heterocycles. The summed E-state index contributed by atoms with van der Waals surface area (Å²) in [6.07, 6.45) is 1.46. The second-order valence-corrected chi connectivity index (χ2v) is 3.95. The average Bonchev–Trinajstić information content (AvgIpc) is 2.30. The first-order valence-electron chi connectivity index (χ1n) is 5.65. The van der Waals surface area contributed by atoms with Crippen molar-refractivity contribution in [3.8, 4) is 5.75 Å². The lowest BCUT2D eigenvalue weighted by Gasteiger charge is -2.09. The molecule has 0 atom stereocenters. The fraction of sp³-hybridized carbons (Fsp3) is 0.417. The highest BCUT2D eigenvalue weighted by atomic mass is 16.4. The van der Waals surface area contributed by atoms with Crippen LogP contribution in [-0.4, -0.2) is 33.6 Å². The van der Waals surface area contributed by atoms with E-state index in [1.54, 1.807) is 13.0 Å². The van der Waals surface area contributed by atoms with Crippen molar-refractivity contribution in [2.24, 2.45) is 0 Å². The molecule has 0 bridgehead atoms. The number of aryl methyl sites for hydroxylation is 2. The minimum atomic E-state index is -1.15. The molecule has 0 saturated carbocycles. The molecule has 98 valence electrons. The Balaban J connectivity index is 3.00. The zero-order chi connectivity index (χ0) is 13.7. The lowest BCUT2D eigenvalue weighted by atomic mass is 10.1. The maximum absolute atomic E-state index is 11.7. The lowest BCUT2D eigenvalue weighted by Crippen LogP contribution is -2.30. The Labute approximate surface area is 105 Å². The Morgan fingerprint density at radius 1 is 1.44 bits per heavy atom. The van der Waals surface area contributed by atoms with E-state index in [0.29, 0.717) is 17.7 Å². The Morgan fingerprint density at radius 3 is 2.67 bits per heavy atom. The standard InChI is InChI=1S/C12H16N2O4/c1-3-4-8-5-7(2)14-10(11(8)17)12(18)13-6-9(15)16/h5,17H,3-4,6H2,1-2H3,(H,13,18)(H,15,16). The van der Waals surface area contributed by atoms with E-state index in [1.807, 2.05) is 6.92 Å². The molecular weight excluding hydrogens is 236 g/mol. The predicted molar refractivity (Wildman–Crippen MR) is 64.6 cm³/mol. The predicted octanol–water partition coefficient (Wildman–Crippen LogP) is 0.863. The number of carbonyl (C=O) groups excluding carboxylic acids is 1. The van der Waals surface area contributed by atoms with Gasteiger partial charge in [0.25, 0.3) is 5.91 Å². The number of aliphatic carboxylic acids is 1. The van der Waals surface area contributed by atoms with Gasteiger partial charge < -0.3 is 15.5 Å². The summed E-state index contributed by atoms with van der Waals surface area (Å²) in [5.41, 5.74) is 1.13. The van der Waals surface area contributed by atoms with Gasteiger partial charge in [-0.2, -0.15) is 0 Å². The highest BCUT2D eigenvalue weighted by Crippen LogP contribution is 2.23. The van der Waals surface area contributed by atoms with E-state index in [1.165, 1.54) is 0 Å². The van der Waals surface area contributed by atoms with Gasteiger partial charge >= 0.3 is 5.97 Å². The third kappa shape index (κ3) is 3.44. The molecule has 0 aliphatic heterocycles. The first-order chi connectivity index (χ1) is 8.45. The number of nitrogens with zero attached hydrogens (tertiary/aromatic N) is 1. The van der Waals surface area contributed by atoms with Crippen LogP contribution in [0.15, 0.2) is 6.07 Å². The fourth-order valence-corrected chi connectivity index (χ4v) is 1.59. The smallest absolute Gasteiger partial charge is 0.322 e. The number of hydrogen-bond acceptors (Lipinski definition) is 4. The Kier molecular flexibility index (Phi) is 4.65. The van der Waals surface area contributed by atoms with Gasteiger partial charge in [-0.25, -0.2) is 4.98 Å². The molecule has 3 N–H and O–H groups in total. The monoisotopic (exact) mass is 252 g/mol. The minimum absolute atomic E-state index is 0.125. The zero-order valence-corrected chi connectivity index (χ0v) is 10.4. The van der Waals surface area contributed by atoms with Crippen molar-refractivity contribution in [2.75, 3.05) is 6.54 Å². The van der Waals surface area contributed by atoms with Gasteiger partial charge in [0, 0.05) is 5.69 Å². The molecule has 0 fully saturated rings. The molecule has 1 rings (SSSR count). The topological polar surface area (TPSA) is 99.5 Å². The van der Waals surface area contributed by atoms with E-state index < -0.39 is 18.4 Å². The Morgan fingerprint density at radius 2 is 2.11 bits per heavy atom. The van der Waals surface area contributed by atoms with E-state index in [4.69, 9.17) is 5.11 Å². The molecule has 0 aromatic carbocycles. The van der Waals surface area contributed by atoms with Gasteiger partial charge in [0.15, 0.2) is 5.69 Å². The molecule has 0 radical (unpaired) electrons. The van der Waals surface area contributed by atoms with E-state index in [9.17, 15) is 14.7 Å². The quantitative estimate of drug-likeness (QED) is 0.721. The number of carboxylic acid groups (broad SMARTS) is 1. The Hall–Kier alpha value is -2.11. The maximum Gasteiger partial charge on any atom is 0.322 e. The van der Waals surface area contributed by atoms with E-state index in [0.717, 1.165) is 6.42 Å². The van der Waals surface area contributed by atoms with Crippen molar-refractivity contribution in [1.29, 1.82) is 0 Å². The number of hydrogen-bond donors (Lipinski definition) is 3. The second-order valence-electron chi connectivity index (χ2n) is 3.95. The first kappa shape index (κ1) is 14.0. The van der Waals surface area contributed by atoms with E-state index in [2.05, 4.69) is 10.3 Å². The van der Waals surface area contributed by atoms with Gasteiger partial charge in [0.2, 0.25) is 0 Å². The normalized spacial score (nSPS) is 10.1. The summed E-state index contributed by atoms with van der Waals surface area (Å²) in [5, 5.41) is 20.6. The summed E-state index contributed by atoms with van der Waals surface area (Å²) in [4.78, 5) is 26.0. The number of aromatic hydroxyl groups is 1. The van der Waals surface area contributed by atoms with Crippen LogP contribution in [0.1, 0.15) is 35.1 Å². The van der Waals surface area contributed by atoms with Gasteiger partial charge in [-0.1, -0.05) is 13.3 Å². The second kappa shape index (κ2) is 6.00. The third-order valence-corrected chi connectivity index (χ3v) is 2.33. The van der Waals surface area contributed by atoms with Crippen LogP contribution in [0.2, 0.25) is 0 Å². The number of rotatable bonds is 5. The van der Waals surface area contributed by atoms with Crippen molar-refractivity contribution < 1.29 is 19.8 Å². The van der Waals surface area contributed by atoms with Crippen LogP contribution in [-0.2, 0) is 11.2 Å². The van der Waals surface area contributed by atoms with Crippen molar-refractivity contribution >= 4 is 11.9 Å². The lowest BCUT2D eigenvalue weighted by molar-refractivity contribution is -0.135. The van der Waals surface area contributed by atoms with Crippen LogP contribution < -0.4 is 5.32 Å². The number of amides is 1. The summed E-state index contributed by atoms with van der Waals surface area (Å²) in [5.74, 6) is -2.01. The number of carbonyl (C=O) groups is 2. The van der Waals surface area contributed by atoms with E-state index >= 15 is 0 Å². The fourth-order valence-electron chi connectivity index (χ4n) is 1.59. The molecule has 0 unspecified atom stereocenters. The van der Waals surface area contributed by atoms with Gasteiger partial charge in [-0.3, -0.25) is 9.59 Å². The van der Waals surface area contributed by atoms with Gasteiger partial charge in [-0.05, 0) is 25.0 Å². The maximum atomic E-state index is 11.7. The number of nitrogens with one attached hydrogen (secondary N) is 1. The summed E-state index contributed by atoms with van der Waals surface area (Å²) >= 11 is 0. The molecule has 18 heavy (non-hydrogen) atoms. The zero-order valence-electron chi connectivity index (χ0n) is 10.4. The van der Waals surface area contributed by atoms with Crippen LogP contribution in [0, 0.1) is 6.92 Å². The van der Waals surface area contributed by atoms with Crippen LogP contribution in [0.5, 0.6) is 5.75 Å². The molecule has 0 aliphatic rings. The molecular formula is C12H16N2O4. The van der Waals surface area contributed by atoms with Crippen LogP contribution in [0.25, 0.3) is 0 Å². The molecule has 6 nitrogen and oxygen atoms in total. The molecule has 1 heterocycles. The number of carboxylic acids is 1. The molecule has 0 aliphatic carbocycles. The summed E-state index contributed by atoms with van der Waals surface area (Å²) < 4.78 is 0. The van der Waals surface area contributed by atoms with Crippen molar-refractivity contribution in [3.63, 3.8) is 0 Å². The van der Waals surface area contributed by atoms with Gasteiger partial charge in [0.05, 0.1) is 0 Å². The van der Waals surface area contributed by atoms with Crippen LogP contribution >= 0.6 is 0 Å². The van der Waals surface area contributed by atoms with Crippen molar-refractivity contribution in [3.05, 3.63) is 23.0 Å². The molecule has 6 heteroatoms. The Bertz CT molecular complexity index is 471.